The van der Waals surface area contributed by atoms with Crippen LogP contribution in [0.3, 0.4) is 0 Å². The van der Waals surface area contributed by atoms with E-state index in [4.69, 9.17) is 13.8 Å². The van der Waals surface area contributed by atoms with E-state index in [1.807, 2.05) is 30.5 Å². The minimum Gasteiger partial charge on any atom is -0.480 e. The monoisotopic (exact) mass is 953 g/mol. The molecule has 3 fully saturated rings. The first-order chi connectivity index (χ1) is 34.7. The number of aliphatic hydroxyl groups excluding tert-OH is 1. The highest BCUT2D eigenvalue weighted by molar-refractivity contribution is 7.14. The summed E-state index contributed by atoms with van der Waals surface area (Å²) >= 11 is 1.60. The fraction of sp³-hybridized carbons (Fsp3) is 0.442. The van der Waals surface area contributed by atoms with E-state index in [0.29, 0.717) is 59.4 Å². The number of piperidine rings is 2. The average molecular weight is 954 g/mol. The molecule has 0 saturated carbocycles. The summed E-state index contributed by atoms with van der Waals surface area (Å²) < 4.78 is 28.9. The van der Waals surface area contributed by atoms with E-state index in [1.165, 1.54) is 22.2 Å². The predicted octanol–water partition coefficient (Wildman–Crippen LogP) is 6.26. The van der Waals surface area contributed by atoms with Gasteiger partial charge >= 0.3 is 0 Å². The van der Waals surface area contributed by atoms with Gasteiger partial charge in [-0.2, -0.15) is 0 Å². The number of fused-ring (bicyclic) bond motifs is 4. The third-order valence-electron chi connectivity index (χ3n) is 15.2. The molecule has 5 aromatic rings. The number of anilines is 5. The molecule has 5 aliphatic heterocycles. The van der Waals surface area contributed by atoms with E-state index >= 15 is 0 Å². The van der Waals surface area contributed by atoms with Crippen molar-refractivity contribution in [2.45, 2.75) is 109 Å². The van der Waals surface area contributed by atoms with Crippen LogP contribution in [-0.4, -0.2) is 117 Å². The first-order valence-corrected chi connectivity index (χ1v) is 25.0. The molecule has 2 unspecified atom stereocenters. The van der Waals surface area contributed by atoms with Crippen LogP contribution in [0, 0.1) is 0 Å². The lowest BCUT2D eigenvalue weighted by Gasteiger charge is -2.48. The molecular weight excluding hydrogens is 893 g/mol. The van der Waals surface area contributed by atoms with Crippen LogP contribution in [-0.2, 0) is 42.0 Å². The number of aliphatic hydroxyl groups is 1. The standard InChI is InChI=1S/C52H58N10O6S/c1-30-22-34(15-18-59(30)35-8-10-38-33(23-35)28-62(51(38)66)43-11-13-46(64)57-49(43)65)58-20-21-60(31(2)27-58)36-9-12-45(54-26-36)56-42-24-32(25-55-50(42)68-3)37-14-17-53-48(41(37)29-63)61-19-16-40-39-6-4-5-7-44(39)69-47(40)52(61)67/h8-10,12,14,17,23-26,30-31,34,43,63H,4-7,11,13,15-16,18-22,27-29H2,1-3H3,(H,54,56)(H,57,64,65)/t30-,31+,34?,43?/m1/s1/i3D3. The van der Waals surface area contributed by atoms with E-state index in [-0.39, 0.29) is 47.8 Å². The van der Waals surface area contributed by atoms with E-state index in [9.17, 15) is 24.3 Å². The molecule has 1 aromatic carbocycles. The first-order valence-electron chi connectivity index (χ1n) is 25.7. The molecular formula is C52H58N10O6S. The highest BCUT2D eigenvalue weighted by Gasteiger charge is 2.40. The molecule has 1 aliphatic carbocycles. The number of pyridine rings is 3. The number of benzene rings is 1. The Labute approximate surface area is 409 Å². The molecule has 4 amide bonds. The number of imide groups is 1. The number of hydrogen-bond acceptors (Lipinski definition) is 14. The zero-order chi connectivity index (χ0) is 50.0. The zero-order valence-corrected chi connectivity index (χ0v) is 39.7. The van der Waals surface area contributed by atoms with Crippen LogP contribution in [0.2, 0.25) is 0 Å². The Morgan fingerprint density at radius 1 is 0.841 bits per heavy atom. The van der Waals surface area contributed by atoms with Crippen LogP contribution in [0.25, 0.3) is 11.1 Å². The average Bonchev–Trinajstić information content (AvgIpc) is 3.91. The fourth-order valence-electron chi connectivity index (χ4n) is 11.7. The predicted molar refractivity (Wildman–Crippen MR) is 265 cm³/mol. The van der Waals surface area contributed by atoms with Crippen molar-refractivity contribution < 1.29 is 33.1 Å². The summed E-state index contributed by atoms with van der Waals surface area (Å²) in [6.45, 7) is 8.38. The minimum absolute atomic E-state index is 0.104. The number of ether oxygens (including phenoxy) is 1. The van der Waals surface area contributed by atoms with Gasteiger partial charge in [0.1, 0.15) is 23.4 Å². The number of carbonyl (C=O) groups is 4. The van der Waals surface area contributed by atoms with E-state index in [1.54, 1.807) is 39.5 Å². The minimum atomic E-state index is -2.78. The third kappa shape index (κ3) is 8.27. The molecule has 4 aromatic heterocycles. The van der Waals surface area contributed by atoms with Gasteiger partial charge in [0.2, 0.25) is 17.7 Å². The Bertz CT molecular complexity index is 2970. The van der Waals surface area contributed by atoms with Gasteiger partial charge in [0.25, 0.3) is 11.8 Å². The van der Waals surface area contributed by atoms with Crippen molar-refractivity contribution in [3.05, 3.63) is 98.6 Å². The second-order valence-electron chi connectivity index (χ2n) is 19.2. The molecule has 17 heteroatoms. The molecule has 0 spiro atoms. The van der Waals surface area contributed by atoms with Gasteiger partial charge in [-0.3, -0.25) is 34.3 Å². The zero-order valence-electron chi connectivity index (χ0n) is 41.9. The van der Waals surface area contributed by atoms with E-state index in [2.05, 4.69) is 55.2 Å². The molecule has 4 atom stereocenters. The number of rotatable bonds is 10. The van der Waals surface area contributed by atoms with Crippen molar-refractivity contribution >= 4 is 63.7 Å². The van der Waals surface area contributed by atoms with Crippen LogP contribution in [0.15, 0.2) is 61.1 Å². The topological polar surface area (TPSA) is 177 Å². The summed E-state index contributed by atoms with van der Waals surface area (Å²) in [6.07, 6.45) is 12.5. The van der Waals surface area contributed by atoms with Gasteiger partial charge in [-0.25, -0.2) is 15.0 Å². The number of methoxy groups -OCH3 is 1. The van der Waals surface area contributed by atoms with Crippen LogP contribution >= 0.6 is 11.3 Å². The normalized spacial score (nSPS) is 23.7. The number of nitrogens with one attached hydrogen (secondary N) is 2. The van der Waals surface area contributed by atoms with Gasteiger partial charge < -0.3 is 29.9 Å². The third-order valence-corrected chi connectivity index (χ3v) is 16.5. The van der Waals surface area contributed by atoms with Crippen molar-refractivity contribution in [1.82, 2.24) is 30.1 Å². The van der Waals surface area contributed by atoms with E-state index in [0.717, 1.165) is 92.9 Å². The highest BCUT2D eigenvalue weighted by atomic mass is 32.1. The van der Waals surface area contributed by atoms with Crippen LogP contribution in [0.4, 0.5) is 28.7 Å². The second kappa shape index (κ2) is 18.5. The Morgan fingerprint density at radius 2 is 1.70 bits per heavy atom. The Balaban J connectivity index is 0.742. The number of nitrogens with zero attached hydrogens (tertiary/aromatic N) is 8. The van der Waals surface area contributed by atoms with Crippen molar-refractivity contribution in [3.8, 4) is 17.0 Å². The molecule has 11 rings (SSSR count). The molecule has 3 N–H and O–H groups in total. The number of carbonyl (C=O) groups excluding carboxylic acids is 4. The lowest BCUT2D eigenvalue weighted by molar-refractivity contribution is -0.136. The number of aryl methyl sites for hydroxylation is 1. The van der Waals surface area contributed by atoms with Crippen molar-refractivity contribution in [2.75, 3.05) is 59.8 Å². The van der Waals surface area contributed by atoms with Crippen LogP contribution in [0.5, 0.6) is 5.88 Å². The molecule has 69 heavy (non-hydrogen) atoms. The summed E-state index contributed by atoms with van der Waals surface area (Å²) in [6, 6.07) is 13.6. The molecule has 0 bridgehead atoms. The molecule has 358 valence electrons. The van der Waals surface area contributed by atoms with Crippen LogP contribution < -0.4 is 30.1 Å². The van der Waals surface area contributed by atoms with Crippen molar-refractivity contribution in [1.29, 1.82) is 0 Å². The number of piperazine rings is 1. The first kappa shape index (κ1) is 41.5. The fourth-order valence-corrected chi connectivity index (χ4v) is 13.1. The lowest BCUT2D eigenvalue weighted by atomic mass is 9.92. The molecule has 6 aliphatic rings. The van der Waals surface area contributed by atoms with Gasteiger partial charge in [-0.1, -0.05) is 0 Å². The Hall–Kier alpha value is -6.43. The Morgan fingerprint density at radius 3 is 2.49 bits per heavy atom. The molecule has 0 radical (unpaired) electrons. The number of hydrogen-bond donors (Lipinski definition) is 3. The quantitative estimate of drug-likeness (QED) is 0.134. The van der Waals surface area contributed by atoms with Gasteiger partial charge in [-0.05, 0) is 130 Å². The number of amides is 4. The SMILES string of the molecule is [2H]C([2H])([2H])Oc1ncc(-c2ccnc(N3CCc4c(sc5c4CCCC5)C3=O)c2CO)cc1Nc1ccc(N2CCN(C3CCN(c4ccc5c(c4)CN(C4CCC(=O)NC4=O)C5=O)[C@H](C)C3)C[C@@H]2C)cn1. The number of thiophene rings is 1. The molecule has 9 heterocycles. The Kier molecular flexibility index (Phi) is 11.1. The summed E-state index contributed by atoms with van der Waals surface area (Å²) in [5.41, 5.74) is 7.96. The largest absolute Gasteiger partial charge is 0.480 e. The lowest BCUT2D eigenvalue weighted by Crippen LogP contribution is -2.58. The van der Waals surface area contributed by atoms with Crippen LogP contribution in [0.1, 0.15) is 104 Å². The number of aromatic nitrogens is 3. The van der Waals surface area contributed by atoms with Gasteiger partial charge in [0.15, 0.2) is 0 Å². The van der Waals surface area contributed by atoms with Gasteiger partial charge in [0, 0.05) is 103 Å². The summed E-state index contributed by atoms with van der Waals surface area (Å²) in [7, 11) is -2.78. The highest BCUT2D eigenvalue weighted by Crippen LogP contribution is 2.41. The maximum atomic E-state index is 14.0. The van der Waals surface area contributed by atoms with Crippen molar-refractivity contribution in [3.63, 3.8) is 0 Å². The molecule has 3 saturated heterocycles. The summed E-state index contributed by atoms with van der Waals surface area (Å²) in [4.78, 5) is 78.2. The molecule has 16 nitrogen and oxygen atoms in total. The van der Waals surface area contributed by atoms with E-state index < -0.39 is 25.6 Å². The maximum absolute atomic E-state index is 14.0. The van der Waals surface area contributed by atoms with Gasteiger partial charge in [-0.15, -0.1) is 11.3 Å². The maximum Gasteiger partial charge on any atom is 0.269 e. The summed E-state index contributed by atoms with van der Waals surface area (Å²) in [5, 5.41) is 16.5. The summed E-state index contributed by atoms with van der Waals surface area (Å²) in [5.74, 6) is -0.274. The van der Waals surface area contributed by atoms with Gasteiger partial charge in [0.05, 0.1) is 34.5 Å². The smallest absolute Gasteiger partial charge is 0.269 e. The second-order valence-corrected chi connectivity index (χ2v) is 20.4. The van der Waals surface area contributed by atoms with Crippen molar-refractivity contribution in [2.24, 2.45) is 0 Å².